The fourth-order valence-corrected chi connectivity index (χ4v) is 1.62. The Balaban J connectivity index is 3.83. The SMILES string of the molecule is CCCC(C)=CCP(C)(C)=O. The van der Waals surface area contributed by atoms with E-state index < -0.39 is 7.14 Å². The molecule has 0 amide bonds. The molecule has 0 rings (SSSR count). The van der Waals surface area contributed by atoms with Crippen LogP contribution in [0.3, 0.4) is 0 Å². The van der Waals surface area contributed by atoms with Crippen molar-refractivity contribution in [2.24, 2.45) is 0 Å². The molecule has 0 aromatic rings. The van der Waals surface area contributed by atoms with Crippen LogP contribution in [0.2, 0.25) is 0 Å². The van der Waals surface area contributed by atoms with Crippen LogP contribution in [0, 0.1) is 0 Å². The van der Waals surface area contributed by atoms with Gasteiger partial charge < -0.3 is 4.57 Å². The van der Waals surface area contributed by atoms with E-state index in [9.17, 15) is 4.57 Å². The molecular formula is C9H19OP. The van der Waals surface area contributed by atoms with Gasteiger partial charge in [0.15, 0.2) is 0 Å². The monoisotopic (exact) mass is 174 g/mol. The van der Waals surface area contributed by atoms with E-state index in [4.69, 9.17) is 0 Å². The minimum atomic E-state index is -1.82. The first-order valence-corrected chi connectivity index (χ1v) is 6.94. The maximum absolute atomic E-state index is 11.3. The summed E-state index contributed by atoms with van der Waals surface area (Å²) in [6, 6.07) is 0. The van der Waals surface area contributed by atoms with Gasteiger partial charge in [0.1, 0.15) is 0 Å². The quantitative estimate of drug-likeness (QED) is 0.471. The lowest BCUT2D eigenvalue weighted by molar-refractivity contribution is 0.584. The van der Waals surface area contributed by atoms with Crippen LogP contribution in [0.25, 0.3) is 0 Å². The molecular weight excluding hydrogens is 155 g/mol. The Morgan fingerprint density at radius 2 is 2.00 bits per heavy atom. The molecule has 0 aromatic carbocycles. The van der Waals surface area contributed by atoms with Crippen molar-refractivity contribution in [2.45, 2.75) is 26.7 Å². The van der Waals surface area contributed by atoms with Crippen LogP contribution in [0.4, 0.5) is 0 Å². The highest BCUT2D eigenvalue weighted by Crippen LogP contribution is 2.35. The second-order valence-corrected chi connectivity index (χ2v) is 7.07. The van der Waals surface area contributed by atoms with Crippen molar-refractivity contribution in [1.29, 1.82) is 0 Å². The van der Waals surface area contributed by atoms with E-state index in [-0.39, 0.29) is 0 Å². The van der Waals surface area contributed by atoms with Gasteiger partial charge >= 0.3 is 0 Å². The van der Waals surface area contributed by atoms with Crippen LogP contribution in [-0.2, 0) is 4.57 Å². The van der Waals surface area contributed by atoms with Gasteiger partial charge in [0.05, 0.1) is 7.14 Å². The first-order valence-electron chi connectivity index (χ1n) is 4.15. The molecule has 0 heterocycles. The van der Waals surface area contributed by atoms with Crippen LogP contribution in [-0.4, -0.2) is 19.5 Å². The molecule has 1 nitrogen and oxygen atoms in total. The summed E-state index contributed by atoms with van der Waals surface area (Å²) in [6.45, 7) is 7.94. The third-order valence-corrected chi connectivity index (χ3v) is 2.59. The minimum absolute atomic E-state index is 0.763. The van der Waals surface area contributed by atoms with Gasteiger partial charge in [-0.15, -0.1) is 0 Å². The van der Waals surface area contributed by atoms with Crippen molar-refractivity contribution in [3.63, 3.8) is 0 Å². The van der Waals surface area contributed by atoms with E-state index in [1.807, 2.05) is 13.3 Å². The van der Waals surface area contributed by atoms with Gasteiger partial charge in [0, 0.05) is 6.16 Å². The first-order chi connectivity index (χ1) is 4.95. The molecule has 0 spiro atoms. The molecule has 0 N–H and O–H groups in total. The van der Waals surface area contributed by atoms with Crippen molar-refractivity contribution in [2.75, 3.05) is 19.5 Å². The van der Waals surface area contributed by atoms with E-state index >= 15 is 0 Å². The Hall–Kier alpha value is -0.0300. The van der Waals surface area contributed by atoms with Crippen molar-refractivity contribution in [3.8, 4) is 0 Å². The molecule has 0 bridgehead atoms. The third kappa shape index (κ3) is 7.87. The zero-order chi connectivity index (χ0) is 8.91. The van der Waals surface area contributed by atoms with Gasteiger partial charge in [-0.25, -0.2) is 0 Å². The number of hydrogen-bond acceptors (Lipinski definition) is 1. The fraction of sp³-hybridized carbons (Fsp3) is 0.778. The topological polar surface area (TPSA) is 17.1 Å². The maximum Gasteiger partial charge on any atom is 0.0855 e. The van der Waals surface area contributed by atoms with Gasteiger partial charge in [0.25, 0.3) is 0 Å². The van der Waals surface area contributed by atoms with Crippen LogP contribution < -0.4 is 0 Å². The van der Waals surface area contributed by atoms with E-state index in [0.29, 0.717) is 0 Å². The molecule has 0 atom stereocenters. The number of rotatable bonds is 4. The highest BCUT2D eigenvalue weighted by atomic mass is 31.2. The Morgan fingerprint density at radius 3 is 2.36 bits per heavy atom. The molecule has 66 valence electrons. The number of hydrogen-bond donors (Lipinski definition) is 0. The molecule has 0 saturated heterocycles. The predicted molar refractivity (Wildman–Crippen MR) is 53.0 cm³/mol. The molecule has 0 aliphatic rings. The standard InChI is InChI=1S/C9H19OP/c1-5-6-9(2)7-8-11(3,4)10/h7H,5-6,8H2,1-4H3. The summed E-state index contributed by atoms with van der Waals surface area (Å²) in [5.41, 5.74) is 1.37. The van der Waals surface area contributed by atoms with E-state index in [1.165, 1.54) is 12.0 Å². The van der Waals surface area contributed by atoms with Crippen LogP contribution >= 0.6 is 7.14 Å². The molecule has 0 unspecified atom stereocenters. The van der Waals surface area contributed by atoms with Crippen molar-refractivity contribution >= 4 is 7.14 Å². The molecule has 0 aromatic heterocycles. The second kappa shape index (κ2) is 4.77. The Labute approximate surface area is 70.3 Å². The van der Waals surface area contributed by atoms with Crippen LogP contribution in [0.5, 0.6) is 0 Å². The van der Waals surface area contributed by atoms with E-state index in [1.54, 1.807) is 0 Å². The summed E-state index contributed by atoms with van der Waals surface area (Å²) in [5.74, 6) is 0. The summed E-state index contributed by atoms with van der Waals surface area (Å²) in [5, 5.41) is 0. The Kier molecular flexibility index (Phi) is 4.76. The van der Waals surface area contributed by atoms with Gasteiger partial charge in [-0.2, -0.15) is 0 Å². The first kappa shape index (κ1) is 11.0. The highest BCUT2D eigenvalue weighted by Gasteiger charge is 2.03. The Bertz CT molecular complexity index is 176. The molecule has 2 heteroatoms. The molecule has 0 fully saturated rings. The van der Waals surface area contributed by atoms with E-state index in [0.717, 1.165) is 12.6 Å². The van der Waals surface area contributed by atoms with Gasteiger partial charge in [-0.1, -0.05) is 25.0 Å². The average Bonchev–Trinajstić information content (AvgIpc) is 1.83. The maximum atomic E-state index is 11.3. The van der Waals surface area contributed by atoms with Gasteiger partial charge in [-0.05, 0) is 26.7 Å². The predicted octanol–water partition coefficient (Wildman–Crippen LogP) is 3.36. The fourth-order valence-electron chi connectivity index (χ4n) is 0.872. The van der Waals surface area contributed by atoms with Crippen molar-refractivity contribution < 1.29 is 4.57 Å². The average molecular weight is 174 g/mol. The normalized spacial score (nSPS) is 13.6. The number of allylic oxidation sites excluding steroid dienone is 2. The van der Waals surface area contributed by atoms with Gasteiger partial charge in [-0.3, -0.25) is 0 Å². The minimum Gasteiger partial charge on any atom is -0.324 e. The third-order valence-electron chi connectivity index (χ3n) is 1.52. The van der Waals surface area contributed by atoms with Crippen LogP contribution in [0.15, 0.2) is 11.6 Å². The zero-order valence-electron chi connectivity index (χ0n) is 8.05. The lowest BCUT2D eigenvalue weighted by Gasteiger charge is -2.02. The second-order valence-electron chi connectivity index (χ2n) is 3.56. The lowest BCUT2D eigenvalue weighted by atomic mass is 10.2. The molecule has 11 heavy (non-hydrogen) atoms. The van der Waals surface area contributed by atoms with Crippen molar-refractivity contribution in [3.05, 3.63) is 11.6 Å². The highest BCUT2D eigenvalue weighted by molar-refractivity contribution is 7.62. The Morgan fingerprint density at radius 1 is 1.45 bits per heavy atom. The lowest BCUT2D eigenvalue weighted by Crippen LogP contribution is -1.83. The van der Waals surface area contributed by atoms with Crippen molar-refractivity contribution in [1.82, 2.24) is 0 Å². The molecule has 0 aliphatic heterocycles. The zero-order valence-corrected chi connectivity index (χ0v) is 8.95. The van der Waals surface area contributed by atoms with Crippen LogP contribution in [0.1, 0.15) is 26.7 Å². The summed E-state index contributed by atoms with van der Waals surface area (Å²) >= 11 is 0. The van der Waals surface area contributed by atoms with E-state index in [2.05, 4.69) is 19.9 Å². The summed E-state index contributed by atoms with van der Waals surface area (Å²) in [4.78, 5) is 0. The largest absolute Gasteiger partial charge is 0.324 e. The smallest absolute Gasteiger partial charge is 0.0855 e. The molecule has 0 radical (unpaired) electrons. The molecule has 0 aliphatic carbocycles. The summed E-state index contributed by atoms with van der Waals surface area (Å²) < 4.78 is 11.3. The van der Waals surface area contributed by atoms with Gasteiger partial charge in [0.2, 0.25) is 0 Å². The summed E-state index contributed by atoms with van der Waals surface area (Å²) in [6.07, 6.45) is 5.20. The summed E-state index contributed by atoms with van der Waals surface area (Å²) in [7, 11) is -1.82. The molecule has 0 saturated carbocycles.